The first kappa shape index (κ1) is 22.3. The second-order valence-electron chi connectivity index (χ2n) is 8.42. The van der Waals surface area contributed by atoms with Gasteiger partial charge >= 0.3 is 5.69 Å². The van der Waals surface area contributed by atoms with E-state index < -0.39 is 22.5 Å². The summed E-state index contributed by atoms with van der Waals surface area (Å²) in [5.41, 5.74) is -0.766. The zero-order chi connectivity index (χ0) is 22.9. The molecule has 3 rings (SSSR count). The van der Waals surface area contributed by atoms with Gasteiger partial charge in [0.15, 0.2) is 11.2 Å². The van der Waals surface area contributed by atoms with E-state index in [0.717, 1.165) is 4.57 Å². The molecule has 166 valence electrons. The summed E-state index contributed by atoms with van der Waals surface area (Å²) in [7, 11) is 2.91. The number of amides is 1. The third kappa shape index (κ3) is 4.37. The molecule has 0 unspecified atom stereocenters. The van der Waals surface area contributed by atoms with E-state index in [2.05, 4.69) is 15.6 Å². The van der Waals surface area contributed by atoms with Crippen LogP contribution in [-0.2, 0) is 25.4 Å². The van der Waals surface area contributed by atoms with E-state index in [1.165, 1.54) is 24.7 Å². The molecule has 3 aromatic rings. The molecule has 0 spiro atoms. The van der Waals surface area contributed by atoms with Gasteiger partial charge in [0, 0.05) is 38.2 Å². The van der Waals surface area contributed by atoms with Crippen molar-refractivity contribution in [2.45, 2.75) is 27.3 Å². The van der Waals surface area contributed by atoms with Crippen LogP contribution in [0, 0.1) is 11.2 Å². The Morgan fingerprint density at radius 3 is 2.42 bits per heavy atom. The Balaban J connectivity index is 2.00. The number of aryl methyl sites for hydroxylation is 1. The van der Waals surface area contributed by atoms with Crippen molar-refractivity contribution in [3.05, 3.63) is 56.5 Å². The first-order chi connectivity index (χ1) is 14.5. The Morgan fingerprint density at radius 1 is 1.10 bits per heavy atom. The average Bonchev–Trinajstić information content (AvgIpc) is 3.07. The Bertz CT molecular complexity index is 1250. The lowest BCUT2D eigenvalue weighted by Gasteiger charge is -2.18. The van der Waals surface area contributed by atoms with Crippen LogP contribution in [0.5, 0.6) is 0 Å². The Kier molecular flexibility index (Phi) is 6.01. The Hall–Kier alpha value is -3.43. The van der Waals surface area contributed by atoms with Crippen molar-refractivity contribution in [3.63, 3.8) is 0 Å². The van der Waals surface area contributed by atoms with Gasteiger partial charge in [-0.3, -0.25) is 23.3 Å². The fraction of sp³-hybridized carbons (Fsp3) is 0.429. The van der Waals surface area contributed by atoms with Crippen LogP contribution in [0.1, 0.15) is 26.3 Å². The molecule has 0 saturated heterocycles. The first-order valence-corrected chi connectivity index (χ1v) is 9.94. The van der Waals surface area contributed by atoms with Crippen LogP contribution < -0.4 is 21.9 Å². The van der Waals surface area contributed by atoms with Crippen LogP contribution in [-0.4, -0.2) is 37.7 Å². The number of nitrogens with zero attached hydrogens (tertiary/aromatic N) is 4. The second-order valence-corrected chi connectivity index (χ2v) is 8.42. The average molecular weight is 430 g/mol. The van der Waals surface area contributed by atoms with E-state index >= 15 is 0 Å². The highest BCUT2D eigenvalue weighted by Gasteiger charge is 2.22. The number of carbonyl (C=O) groups excluding carboxylic acids is 1. The number of carbonyl (C=O) groups is 1. The van der Waals surface area contributed by atoms with Gasteiger partial charge in [-0.15, -0.1) is 0 Å². The highest BCUT2D eigenvalue weighted by atomic mass is 19.1. The fourth-order valence-corrected chi connectivity index (χ4v) is 3.15. The van der Waals surface area contributed by atoms with Gasteiger partial charge < -0.3 is 10.6 Å². The summed E-state index contributed by atoms with van der Waals surface area (Å²) in [4.78, 5) is 41.6. The van der Waals surface area contributed by atoms with Crippen molar-refractivity contribution in [2.24, 2.45) is 19.5 Å². The Labute approximate surface area is 178 Å². The van der Waals surface area contributed by atoms with E-state index in [1.54, 1.807) is 22.8 Å². The van der Waals surface area contributed by atoms with E-state index in [0.29, 0.717) is 24.6 Å². The molecule has 0 atom stereocenters. The molecule has 2 heterocycles. The predicted molar refractivity (Wildman–Crippen MR) is 117 cm³/mol. The number of aromatic nitrogens is 4. The summed E-state index contributed by atoms with van der Waals surface area (Å²) < 4.78 is 18.1. The summed E-state index contributed by atoms with van der Waals surface area (Å²) in [6.07, 6.45) is 0. The fourth-order valence-electron chi connectivity index (χ4n) is 3.15. The SMILES string of the molecule is Cn1c(=O)c2c(nc(NCCNC(=O)C(C)(C)C)n2Cc2ccccc2F)n(C)c1=O. The van der Waals surface area contributed by atoms with E-state index in [1.807, 2.05) is 20.8 Å². The number of rotatable bonds is 6. The molecular weight excluding hydrogens is 403 g/mol. The minimum Gasteiger partial charge on any atom is -0.354 e. The number of hydrogen-bond donors (Lipinski definition) is 2. The zero-order valence-corrected chi connectivity index (χ0v) is 18.3. The standard InChI is InChI=1S/C21H27FN6O3/c1-21(2,3)18(30)23-10-11-24-19-25-16-15(17(29)27(5)20(31)26(16)4)28(19)12-13-8-6-7-9-14(13)22/h6-9H,10-12H2,1-5H3,(H,23,30)(H,24,25). The quantitative estimate of drug-likeness (QED) is 0.572. The van der Waals surface area contributed by atoms with Gasteiger partial charge in [0.05, 0.1) is 6.54 Å². The number of imidazole rings is 1. The van der Waals surface area contributed by atoms with Gasteiger partial charge in [-0.2, -0.15) is 4.98 Å². The van der Waals surface area contributed by atoms with Gasteiger partial charge in [-0.1, -0.05) is 39.0 Å². The monoisotopic (exact) mass is 430 g/mol. The number of nitrogens with one attached hydrogen (secondary N) is 2. The minimum atomic E-state index is -0.518. The maximum Gasteiger partial charge on any atom is 0.332 e. The largest absolute Gasteiger partial charge is 0.354 e. The lowest BCUT2D eigenvalue weighted by atomic mass is 9.96. The lowest BCUT2D eigenvalue weighted by molar-refractivity contribution is -0.128. The van der Waals surface area contributed by atoms with Crippen molar-refractivity contribution in [1.29, 1.82) is 0 Å². The summed E-state index contributed by atoms with van der Waals surface area (Å²) in [5, 5.41) is 5.92. The van der Waals surface area contributed by atoms with E-state index in [-0.39, 0.29) is 23.6 Å². The smallest absolute Gasteiger partial charge is 0.332 e. The third-order valence-corrected chi connectivity index (χ3v) is 5.01. The molecule has 2 N–H and O–H groups in total. The normalized spacial score (nSPS) is 11.7. The molecule has 0 aliphatic rings. The molecule has 0 saturated carbocycles. The van der Waals surface area contributed by atoms with Gasteiger partial charge in [0.2, 0.25) is 11.9 Å². The zero-order valence-electron chi connectivity index (χ0n) is 18.3. The number of halogens is 1. The minimum absolute atomic E-state index is 0.0489. The maximum atomic E-state index is 14.3. The van der Waals surface area contributed by atoms with Crippen molar-refractivity contribution in [3.8, 4) is 0 Å². The highest BCUT2D eigenvalue weighted by molar-refractivity contribution is 5.81. The third-order valence-electron chi connectivity index (χ3n) is 5.01. The van der Waals surface area contributed by atoms with Crippen molar-refractivity contribution < 1.29 is 9.18 Å². The molecule has 1 aromatic carbocycles. The molecule has 9 nitrogen and oxygen atoms in total. The molecule has 0 aliphatic heterocycles. The van der Waals surface area contributed by atoms with Crippen molar-refractivity contribution >= 4 is 23.0 Å². The molecule has 31 heavy (non-hydrogen) atoms. The van der Waals surface area contributed by atoms with Gasteiger partial charge in [-0.25, -0.2) is 9.18 Å². The molecule has 0 radical (unpaired) electrons. The summed E-state index contributed by atoms with van der Waals surface area (Å²) in [6.45, 7) is 6.17. The predicted octanol–water partition coefficient (Wildman–Crippen LogP) is 1.20. The van der Waals surface area contributed by atoms with Crippen LogP contribution in [0.15, 0.2) is 33.9 Å². The number of anilines is 1. The molecule has 2 aromatic heterocycles. The topological polar surface area (TPSA) is 103 Å². The number of benzene rings is 1. The number of hydrogen-bond acceptors (Lipinski definition) is 5. The van der Waals surface area contributed by atoms with Crippen molar-refractivity contribution in [2.75, 3.05) is 18.4 Å². The maximum absolute atomic E-state index is 14.3. The molecule has 10 heteroatoms. The molecule has 1 amide bonds. The molecular formula is C21H27FN6O3. The second kappa shape index (κ2) is 8.37. The molecule has 0 fully saturated rings. The van der Waals surface area contributed by atoms with Crippen molar-refractivity contribution in [1.82, 2.24) is 24.0 Å². The van der Waals surface area contributed by atoms with Crippen LogP contribution >= 0.6 is 0 Å². The van der Waals surface area contributed by atoms with Gasteiger partial charge in [0.25, 0.3) is 5.56 Å². The summed E-state index contributed by atoms with van der Waals surface area (Å²) in [6, 6.07) is 6.27. The first-order valence-electron chi connectivity index (χ1n) is 9.94. The van der Waals surface area contributed by atoms with Gasteiger partial charge in [-0.05, 0) is 6.07 Å². The van der Waals surface area contributed by atoms with Gasteiger partial charge in [0.1, 0.15) is 5.82 Å². The van der Waals surface area contributed by atoms with E-state index in [9.17, 15) is 18.8 Å². The molecule has 0 aliphatic carbocycles. The van der Waals surface area contributed by atoms with Crippen LogP contribution in [0.2, 0.25) is 0 Å². The number of fused-ring (bicyclic) bond motifs is 1. The van der Waals surface area contributed by atoms with Crippen LogP contribution in [0.25, 0.3) is 11.2 Å². The molecule has 0 bridgehead atoms. The highest BCUT2D eigenvalue weighted by Crippen LogP contribution is 2.19. The van der Waals surface area contributed by atoms with Crippen LogP contribution in [0.4, 0.5) is 10.3 Å². The van der Waals surface area contributed by atoms with Crippen LogP contribution in [0.3, 0.4) is 0 Å². The van der Waals surface area contributed by atoms with E-state index in [4.69, 9.17) is 0 Å². The summed E-state index contributed by atoms with van der Waals surface area (Å²) in [5.74, 6) is -0.193. The Morgan fingerprint density at radius 2 is 1.77 bits per heavy atom. The summed E-state index contributed by atoms with van der Waals surface area (Å²) >= 11 is 0. The lowest BCUT2D eigenvalue weighted by Crippen LogP contribution is -2.37.